The molecule has 0 atom stereocenters. The third kappa shape index (κ3) is 17.0. The van der Waals surface area contributed by atoms with Crippen molar-refractivity contribution in [2.45, 2.75) is 20.3 Å². The number of nitrogens with one attached hydrogen (secondary N) is 1. The van der Waals surface area contributed by atoms with Crippen LogP contribution in [0.2, 0.25) is 0 Å². The van der Waals surface area contributed by atoms with Crippen molar-refractivity contribution in [1.29, 1.82) is 0 Å². The molecule has 0 aliphatic heterocycles. The standard InChI is InChI=1S/C20H32NO5.Mo.H2N/c1-17(2)16-21-20(22)8-9-23-10-11-24-12-13-25-14-15-26-19-6-4-18(3)5-7-19;;/h4-7,17H,3,8-16H2,1-2H3,(H,21,22);;1H2/q-1;+2;-1. The van der Waals surface area contributed by atoms with E-state index in [1.807, 2.05) is 24.3 Å². The van der Waals surface area contributed by atoms with Gasteiger partial charge in [-0.25, -0.2) is 0 Å². The summed E-state index contributed by atoms with van der Waals surface area (Å²) in [4.78, 5) is 11.5. The van der Waals surface area contributed by atoms with E-state index in [0.29, 0.717) is 65.1 Å². The molecule has 1 aromatic rings. The maximum atomic E-state index is 11.5. The molecule has 28 heavy (non-hydrogen) atoms. The number of ether oxygens (including phenoxy) is 4. The van der Waals surface area contributed by atoms with Crippen LogP contribution < -0.4 is 10.1 Å². The monoisotopic (exact) mass is 480 g/mol. The number of hydrogen-bond acceptors (Lipinski definition) is 5. The van der Waals surface area contributed by atoms with E-state index in [0.717, 1.165) is 11.3 Å². The molecule has 0 fully saturated rings. The molecule has 0 saturated carbocycles. The Morgan fingerprint density at radius 1 is 0.929 bits per heavy atom. The summed E-state index contributed by atoms with van der Waals surface area (Å²) in [7, 11) is 0. The third-order valence-corrected chi connectivity index (χ3v) is 3.34. The Bertz CT molecular complexity index is 486. The molecule has 0 radical (unpaired) electrons. The van der Waals surface area contributed by atoms with E-state index in [1.165, 1.54) is 0 Å². The van der Waals surface area contributed by atoms with E-state index in [1.54, 1.807) is 0 Å². The Morgan fingerprint density at radius 3 is 1.96 bits per heavy atom. The average Bonchev–Trinajstić information content (AvgIpc) is 2.62. The van der Waals surface area contributed by atoms with Crippen molar-refractivity contribution in [2.24, 2.45) is 5.92 Å². The van der Waals surface area contributed by atoms with Crippen LogP contribution >= 0.6 is 0 Å². The van der Waals surface area contributed by atoms with Crippen molar-refractivity contribution in [3.63, 3.8) is 0 Å². The summed E-state index contributed by atoms with van der Waals surface area (Å²) >= 11 is 0. The van der Waals surface area contributed by atoms with E-state index in [9.17, 15) is 4.79 Å². The van der Waals surface area contributed by atoms with Crippen molar-refractivity contribution in [1.82, 2.24) is 5.32 Å². The van der Waals surface area contributed by atoms with Gasteiger partial charge in [0.25, 0.3) is 0 Å². The first kappa shape index (κ1) is 29.1. The largest absolute Gasteiger partial charge is 2.00 e. The molecule has 0 aromatic heterocycles. The van der Waals surface area contributed by atoms with E-state index in [2.05, 4.69) is 26.1 Å². The average molecular weight is 478 g/mol. The number of carbonyl (C=O) groups is 1. The van der Waals surface area contributed by atoms with Crippen LogP contribution in [0.5, 0.6) is 5.75 Å². The zero-order valence-electron chi connectivity index (χ0n) is 17.0. The number of carbonyl (C=O) groups excluding carboxylic acids is 1. The zero-order chi connectivity index (χ0) is 19.0. The maximum absolute atomic E-state index is 11.5. The van der Waals surface area contributed by atoms with Gasteiger partial charge in [-0.2, -0.15) is 24.6 Å². The number of nitrogens with two attached hydrogens (primary N) is 1. The van der Waals surface area contributed by atoms with Crippen molar-refractivity contribution in [2.75, 3.05) is 52.8 Å². The summed E-state index contributed by atoms with van der Waals surface area (Å²) in [6, 6.07) is 7.59. The van der Waals surface area contributed by atoms with E-state index < -0.39 is 0 Å². The first-order valence-corrected chi connectivity index (χ1v) is 9.12. The van der Waals surface area contributed by atoms with Crippen LogP contribution in [0.25, 0.3) is 6.15 Å². The normalized spacial score (nSPS) is 10.1. The Kier molecular flexibility index (Phi) is 20.0. The predicted octanol–water partition coefficient (Wildman–Crippen LogP) is 3.17. The maximum Gasteiger partial charge on any atom is 2.00 e. The Morgan fingerprint density at radius 2 is 1.43 bits per heavy atom. The van der Waals surface area contributed by atoms with Gasteiger partial charge in [-0.3, -0.25) is 4.79 Å². The van der Waals surface area contributed by atoms with Gasteiger partial charge in [0.05, 0.1) is 45.4 Å². The van der Waals surface area contributed by atoms with Gasteiger partial charge >= 0.3 is 21.1 Å². The second-order valence-corrected chi connectivity index (χ2v) is 6.28. The molecule has 0 spiro atoms. The summed E-state index contributed by atoms with van der Waals surface area (Å²) in [6.07, 6.45) is 0.382. The summed E-state index contributed by atoms with van der Waals surface area (Å²) in [5, 5.41) is 2.85. The van der Waals surface area contributed by atoms with Gasteiger partial charge in [-0.1, -0.05) is 26.0 Å². The molecule has 0 bridgehead atoms. The summed E-state index contributed by atoms with van der Waals surface area (Å²) in [5.41, 5.74) is 0.962. The van der Waals surface area contributed by atoms with Crippen LogP contribution in [-0.2, 0) is 40.1 Å². The van der Waals surface area contributed by atoms with Crippen molar-refractivity contribution in [3.05, 3.63) is 42.9 Å². The minimum atomic E-state index is 0. The summed E-state index contributed by atoms with van der Waals surface area (Å²) < 4.78 is 21.7. The van der Waals surface area contributed by atoms with Crippen molar-refractivity contribution < 1.29 is 44.8 Å². The van der Waals surface area contributed by atoms with Gasteiger partial charge in [0, 0.05) is 13.0 Å². The van der Waals surface area contributed by atoms with E-state index in [-0.39, 0.29) is 33.1 Å². The third-order valence-electron chi connectivity index (χ3n) is 3.34. The Balaban J connectivity index is 0. The molecule has 0 aliphatic rings. The number of rotatable bonds is 15. The minimum absolute atomic E-state index is 0. The molecule has 1 aromatic carbocycles. The van der Waals surface area contributed by atoms with Crippen LogP contribution in [0.15, 0.2) is 24.3 Å². The molecule has 7 nitrogen and oxygen atoms in total. The molecular formula is C20H34MoN2O5. The molecule has 0 saturated heterocycles. The van der Waals surface area contributed by atoms with Gasteiger partial charge in [-0.05, 0) is 5.92 Å². The summed E-state index contributed by atoms with van der Waals surface area (Å²) in [6.45, 7) is 12.1. The van der Waals surface area contributed by atoms with Crippen LogP contribution in [0.4, 0.5) is 0 Å². The number of hydrogen-bond donors (Lipinski definition) is 1. The zero-order valence-corrected chi connectivity index (χ0v) is 19.0. The van der Waals surface area contributed by atoms with Crippen LogP contribution in [0, 0.1) is 12.8 Å². The fraction of sp³-hybridized carbons (Fsp3) is 0.600. The molecule has 0 unspecified atom stereocenters. The molecular weight excluding hydrogens is 444 g/mol. The molecule has 0 aliphatic carbocycles. The van der Waals surface area contributed by atoms with Crippen LogP contribution in [-0.4, -0.2) is 58.7 Å². The quantitative estimate of drug-likeness (QED) is 0.237. The smallest absolute Gasteiger partial charge is 0.693 e. The van der Waals surface area contributed by atoms with Crippen molar-refractivity contribution >= 4 is 5.91 Å². The first-order chi connectivity index (χ1) is 12.6. The number of amides is 1. The van der Waals surface area contributed by atoms with Gasteiger partial charge in [-0.15, -0.1) is 0 Å². The summed E-state index contributed by atoms with van der Waals surface area (Å²) in [5.74, 6) is 1.30. The molecule has 1 rings (SSSR count). The van der Waals surface area contributed by atoms with Crippen LogP contribution in [0.1, 0.15) is 25.8 Å². The number of benzene rings is 1. The fourth-order valence-electron chi connectivity index (χ4n) is 1.92. The molecule has 8 heteroatoms. The van der Waals surface area contributed by atoms with Gasteiger partial charge in [0.2, 0.25) is 5.91 Å². The second-order valence-electron chi connectivity index (χ2n) is 6.28. The first-order valence-electron chi connectivity index (χ1n) is 9.12. The second kappa shape index (κ2) is 19.2. The molecule has 3 N–H and O–H groups in total. The predicted molar refractivity (Wildman–Crippen MR) is 107 cm³/mol. The molecule has 1 amide bonds. The fourth-order valence-corrected chi connectivity index (χ4v) is 1.92. The SMILES string of the molecule is [CH2-]c1ccc(OCCOCCOCCOCCC(=O)NCC(C)C)cc1.[Mo+2].[NH2-]. The Labute approximate surface area is 183 Å². The van der Waals surface area contributed by atoms with E-state index >= 15 is 0 Å². The minimum Gasteiger partial charge on any atom is -0.693 e. The van der Waals surface area contributed by atoms with E-state index in [4.69, 9.17) is 18.9 Å². The Hall–Kier alpha value is -1.11. The van der Waals surface area contributed by atoms with Crippen molar-refractivity contribution in [3.8, 4) is 5.75 Å². The topological polar surface area (TPSA) is 99.5 Å². The van der Waals surface area contributed by atoms with Gasteiger partial charge in [0.1, 0.15) is 6.61 Å². The molecule has 160 valence electrons. The van der Waals surface area contributed by atoms with Gasteiger partial charge in [0.15, 0.2) is 0 Å². The van der Waals surface area contributed by atoms with Gasteiger partial charge < -0.3 is 30.4 Å². The van der Waals surface area contributed by atoms with Crippen LogP contribution in [0.3, 0.4) is 0 Å². The molecule has 0 heterocycles.